The molecule has 0 saturated carbocycles. The molecule has 1 aromatic rings. The molecule has 116 valence electrons. The van der Waals surface area contributed by atoms with E-state index in [0.717, 1.165) is 5.56 Å². The van der Waals surface area contributed by atoms with Crippen molar-refractivity contribution < 1.29 is 14.6 Å². The molecule has 1 aliphatic rings. The lowest BCUT2D eigenvalue weighted by Gasteiger charge is -2.35. The predicted octanol–water partition coefficient (Wildman–Crippen LogP) is 0.597. The molecule has 1 saturated heterocycles. The molecule has 0 radical (unpaired) electrons. The Balaban J connectivity index is 1.90. The molecule has 6 nitrogen and oxygen atoms in total. The summed E-state index contributed by atoms with van der Waals surface area (Å²) in [7, 11) is 0. The van der Waals surface area contributed by atoms with Crippen LogP contribution in [-0.2, 0) is 9.53 Å². The predicted molar refractivity (Wildman–Crippen MR) is 82.1 cm³/mol. The lowest BCUT2D eigenvalue weighted by molar-refractivity contribution is -0.124. The number of hydrogen-bond acceptors (Lipinski definition) is 5. The van der Waals surface area contributed by atoms with Crippen molar-refractivity contribution in [2.45, 2.75) is 26.1 Å². The average Bonchev–Trinajstić information content (AvgIpc) is 2.42. The second-order valence-electron chi connectivity index (χ2n) is 5.56. The summed E-state index contributed by atoms with van der Waals surface area (Å²) in [4.78, 5) is 14.1. The zero-order valence-corrected chi connectivity index (χ0v) is 12.5. The summed E-state index contributed by atoms with van der Waals surface area (Å²) in [6, 6.07) is 5.47. The van der Waals surface area contributed by atoms with Gasteiger partial charge in [-0.1, -0.05) is 6.07 Å². The number of rotatable bonds is 4. The quantitative estimate of drug-likeness (QED) is 0.708. The topological polar surface area (TPSA) is 87.8 Å². The van der Waals surface area contributed by atoms with Gasteiger partial charge in [-0.3, -0.25) is 9.69 Å². The van der Waals surface area contributed by atoms with E-state index in [2.05, 4.69) is 5.32 Å². The number of aliphatic hydroxyl groups is 1. The number of amides is 1. The Morgan fingerprint density at radius 2 is 2.29 bits per heavy atom. The number of hydrogen-bond donors (Lipinski definition) is 3. The monoisotopic (exact) mass is 293 g/mol. The SMILES string of the molecule is Cc1ccc(NC(=O)CN2CC(C)OC(CO)C2)cc1N. The Morgan fingerprint density at radius 1 is 1.52 bits per heavy atom. The number of benzene rings is 1. The van der Waals surface area contributed by atoms with Crippen molar-refractivity contribution in [2.24, 2.45) is 0 Å². The number of carbonyl (C=O) groups is 1. The molecule has 2 unspecified atom stereocenters. The number of nitrogens with zero attached hydrogens (tertiary/aromatic N) is 1. The van der Waals surface area contributed by atoms with Crippen molar-refractivity contribution in [3.05, 3.63) is 23.8 Å². The van der Waals surface area contributed by atoms with Crippen LogP contribution < -0.4 is 11.1 Å². The third-order valence-corrected chi connectivity index (χ3v) is 3.54. The number of aliphatic hydroxyl groups excluding tert-OH is 1. The molecular weight excluding hydrogens is 270 g/mol. The molecule has 0 aliphatic carbocycles. The van der Waals surface area contributed by atoms with E-state index in [-0.39, 0.29) is 31.3 Å². The maximum absolute atomic E-state index is 12.1. The standard InChI is InChI=1S/C15H23N3O3/c1-10-3-4-12(5-14(10)16)17-15(20)8-18-6-11(2)21-13(7-18)9-19/h3-5,11,13,19H,6-9,16H2,1-2H3,(H,17,20). The highest BCUT2D eigenvalue weighted by Gasteiger charge is 2.25. The molecule has 6 heteroatoms. The number of nitrogens with one attached hydrogen (secondary N) is 1. The van der Waals surface area contributed by atoms with Crippen molar-refractivity contribution in [3.8, 4) is 0 Å². The molecule has 1 heterocycles. The summed E-state index contributed by atoms with van der Waals surface area (Å²) in [6.45, 7) is 5.34. The van der Waals surface area contributed by atoms with E-state index >= 15 is 0 Å². The fourth-order valence-electron chi connectivity index (χ4n) is 2.49. The Labute approximate surface area is 124 Å². The number of nitrogen functional groups attached to an aromatic ring is 1. The van der Waals surface area contributed by atoms with E-state index in [0.29, 0.717) is 24.5 Å². The van der Waals surface area contributed by atoms with Gasteiger partial charge >= 0.3 is 0 Å². The van der Waals surface area contributed by atoms with E-state index in [1.807, 2.05) is 30.9 Å². The highest BCUT2D eigenvalue weighted by atomic mass is 16.5. The first-order chi connectivity index (χ1) is 9.97. The van der Waals surface area contributed by atoms with Gasteiger partial charge in [-0.2, -0.15) is 0 Å². The lowest BCUT2D eigenvalue weighted by Crippen LogP contribution is -2.50. The second kappa shape index (κ2) is 6.89. The Bertz CT molecular complexity index is 507. The van der Waals surface area contributed by atoms with Gasteiger partial charge in [0, 0.05) is 24.5 Å². The van der Waals surface area contributed by atoms with E-state index in [1.54, 1.807) is 6.07 Å². The van der Waals surface area contributed by atoms with Gasteiger partial charge < -0.3 is 20.9 Å². The third-order valence-electron chi connectivity index (χ3n) is 3.54. The first-order valence-electron chi connectivity index (χ1n) is 7.12. The van der Waals surface area contributed by atoms with Crippen LogP contribution in [0.5, 0.6) is 0 Å². The van der Waals surface area contributed by atoms with E-state index in [1.165, 1.54) is 0 Å². The summed E-state index contributed by atoms with van der Waals surface area (Å²) in [5.74, 6) is -0.0935. The highest BCUT2D eigenvalue weighted by molar-refractivity contribution is 5.92. The lowest BCUT2D eigenvalue weighted by atomic mass is 10.2. The zero-order valence-electron chi connectivity index (χ0n) is 12.5. The summed E-state index contributed by atoms with van der Waals surface area (Å²) in [5, 5.41) is 12.0. The Kier molecular flexibility index (Phi) is 5.17. The Morgan fingerprint density at radius 3 is 2.95 bits per heavy atom. The molecule has 1 fully saturated rings. The average molecular weight is 293 g/mol. The van der Waals surface area contributed by atoms with Crippen LogP contribution in [0.2, 0.25) is 0 Å². The van der Waals surface area contributed by atoms with Gasteiger partial charge in [0.05, 0.1) is 25.4 Å². The van der Waals surface area contributed by atoms with Crippen molar-refractivity contribution in [3.63, 3.8) is 0 Å². The van der Waals surface area contributed by atoms with Crippen LogP contribution in [0.1, 0.15) is 12.5 Å². The molecule has 1 aromatic carbocycles. The number of morpholine rings is 1. The fraction of sp³-hybridized carbons (Fsp3) is 0.533. The number of ether oxygens (including phenoxy) is 1. The third kappa shape index (κ3) is 4.42. The molecule has 0 bridgehead atoms. The number of carbonyl (C=O) groups excluding carboxylic acids is 1. The molecule has 4 N–H and O–H groups in total. The first kappa shape index (κ1) is 15.8. The number of nitrogens with two attached hydrogens (primary N) is 1. The maximum Gasteiger partial charge on any atom is 0.238 e. The molecule has 0 aromatic heterocycles. The molecule has 2 rings (SSSR count). The van der Waals surface area contributed by atoms with E-state index in [4.69, 9.17) is 10.5 Å². The highest BCUT2D eigenvalue weighted by Crippen LogP contribution is 2.17. The minimum absolute atomic E-state index is 0.0127. The van der Waals surface area contributed by atoms with Gasteiger partial charge in [0.1, 0.15) is 0 Å². The summed E-state index contributed by atoms with van der Waals surface area (Å²) in [5.41, 5.74) is 8.17. The zero-order chi connectivity index (χ0) is 15.4. The second-order valence-corrected chi connectivity index (χ2v) is 5.56. The van der Waals surface area contributed by atoms with E-state index in [9.17, 15) is 9.90 Å². The van der Waals surface area contributed by atoms with Crippen LogP contribution in [0.15, 0.2) is 18.2 Å². The normalized spacial score (nSPS) is 23.0. The van der Waals surface area contributed by atoms with Crippen LogP contribution in [0.3, 0.4) is 0 Å². The van der Waals surface area contributed by atoms with E-state index < -0.39 is 0 Å². The smallest absolute Gasteiger partial charge is 0.238 e. The van der Waals surface area contributed by atoms with Gasteiger partial charge in [0.25, 0.3) is 0 Å². The van der Waals surface area contributed by atoms with Gasteiger partial charge in [-0.05, 0) is 31.5 Å². The van der Waals surface area contributed by atoms with Crippen molar-refractivity contribution in [1.29, 1.82) is 0 Å². The summed E-state index contributed by atoms with van der Waals surface area (Å²) < 4.78 is 5.55. The molecule has 21 heavy (non-hydrogen) atoms. The van der Waals surface area contributed by atoms with Crippen molar-refractivity contribution in [2.75, 3.05) is 37.3 Å². The number of aryl methyl sites for hydroxylation is 1. The van der Waals surface area contributed by atoms with Gasteiger partial charge in [-0.15, -0.1) is 0 Å². The summed E-state index contributed by atoms with van der Waals surface area (Å²) in [6.07, 6.45) is -0.213. The fourth-order valence-corrected chi connectivity index (χ4v) is 2.49. The Hall–Kier alpha value is -1.63. The molecule has 0 spiro atoms. The van der Waals surface area contributed by atoms with Gasteiger partial charge in [0.15, 0.2) is 0 Å². The molecule has 2 atom stereocenters. The minimum atomic E-state index is -0.225. The minimum Gasteiger partial charge on any atom is -0.398 e. The largest absolute Gasteiger partial charge is 0.398 e. The van der Waals surface area contributed by atoms with Gasteiger partial charge in [-0.25, -0.2) is 0 Å². The molecule has 1 amide bonds. The van der Waals surface area contributed by atoms with Crippen LogP contribution in [0.4, 0.5) is 11.4 Å². The van der Waals surface area contributed by atoms with Crippen LogP contribution in [-0.4, -0.2) is 54.4 Å². The van der Waals surface area contributed by atoms with Crippen LogP contribution >= 0.6 is 0 Å². The maximum atomic E-state index is 12.1. The number of anilines is 2. The summed E-state index contributed by atoms with van der Waals surface area (Å²) >= 11 is 0. The first-order valence-corrected chi connectivity index (χ1v) is 7.12. The molecular formula is C15H23N3O3. The van der Waals surface area contributed by atoms with Gasteiger partial charge in [0.2, 0.25) is 5.91 Å². The van der Waals surface area contributed by atoms with Crippen LogP contribution in [0, 0.1) is 6.92 Å². The van der Waals surface area contributed by atoms with Crippen molar-refractivity contribution >= 4 is 17.3 Å². The van der Waals surface area contributed by atoms with Crippen LogP contribution in [0.25, 0.3) is 0 Å². The molecule has 1 aliphatic heterocycles. The van der Waals surface area contributed by atoms with Crippen molar-refractivity contribution in [1.82, 2.24) is 4.90 Å².